The summed E-state index contributed by atoms with van der Waals surface area (Å²) in [5.74, 6) is 0.0701. The first-order valence-corrected chi connectivity index (χ1v) is 8.50. The van der Waals surface area contributed by atoms with Crippen LogP contribution in [-0.2, 0) is 11.2 Å². The van der Waals surface area contributed by atoms with E-state index in [1.807, 2.05) is 12.1 Å². The molecule has 0 aliphatic rings. The summed E-state index contributed by atoms with van der Waals surface area (Å²) in [7, 11) is 0. The second-order valence-corrected chi connectivity index (χ2v) is 5.80. The molecule has 3 N–H and O–H groups in total. The Kier molecular flexibility index (Phi) is 7.01. The molecule has 0 radical (unpaired) electrons. The van der Waals surface area contributed by atoms with E-state index in [-0.39, 0.29) is 5.91 Å². The van der Waals surface area contributed by atoms with Gasteiger partial charge in [-0.15, -0.1) is 0 Å². The van der Waals surface area contributed by atoms with Crippen molar-refractivity contribution in [3.63, 3.8) is 0 Å². The summed E-state index contributed by atoms with van der Waals surface area (Å²) in [6, 6.07) is 14.7. The number of hydrogen-bond acceptors (Lipinski definition) is 3. The molecule has 2 aromatic carbocycles. The molecule has 2 rings (SSSR count). The molecule has 0 aromatic heterocycles. The van der Waals surface area contributed by atoms with E-state index in [1.165, 1.54) is 5.56 Å². The maximum Gasteiger partial charge on any atom is 0.250 e. The fourth-order valence-electron chi connectivity index (χ4n) is 2.48. The Labute approximate surface area is 148 Å². The molecular weight excluding hydrogens is 316 g/mol. The number of para-hydroxylation sites is 1. The van der Waals surface area contributed by atoms with Crippen LogP contribution in [0.1, 0.15) is 42.1 Å². The van der Waals surface area contributed by atoms with Crippen molar-refractivity contribution in [2.45, 2.75) is 32.6 Å². The number of primary amides is 1. The molecule has 2 amide bonds. The highest BCUT2D eigenvalue weighted by Crippen LogP contribution is 2.16. The van der Waals surface area contributed by atoms with Crippen molar-refractivity contribution < 1.29 is 14.3 Å². The Morgan fingerprint density at radius 2 is 1.80 bits per heavy atom. The summed E-state index contributed by atoms with van der Waals surface area (Å²) in [5, 5.41) is 2.72. The van der Waals surface area contributed by atoms with Crippen molar-refractivity contribution in [2.24, 2.45) is 5.73 Å². The highest BCUT2D eigenvalue weighted by molar-refractivity contribution is 6.02. The quantitative estimate of drug-likeness (QED) is 0.685. The first-order chi connectivity index (χ1) is 12.1. The fourth-order valence-corrected chi connectivity index (χ4v) is 2.48. The molecule has 5 nitrogen and oxygen atoms in total. The first-order valence-electron chi connectivity index (χ1n) is 8.50. The van der Waals surface area contributed by atoms with E-state index in [1.54, 1.807) is 24.3 Å². The Morgan fingerprint density at radius 3 is 2.48 bits per heavy atom. The van der Waals surface area contributed by atoms with Gasteiger partial charge in [0.05, 0.1) is 17.9 Å². The largest absolute Gasteiger partial charge is 0.494 e. The maximum absolute atomic E-state index is 12.0. The van der Waals surface area contributed by atoms with E-state index in [2.05, 4.69) is 24.4 Å². The summed E-state index contributed by atoms with van der Waals surface area (Å²) in [5.41, 5.74) is 7.33. The average molecular weight is 340 g/mol. The Morgan fingerprint density at radius 1 is 1.08 bits per heavy atom. The van der Waals surface area contributed by atoms with Crippen LogP contribution in [0.5, 0.6) is 5.75 Å². The minimum atomic E-state index is -0.564. The number of benzene rings is 2. The van der Waals surface area contributed by atoms with Crippen LogP contribution < -0.4 is 15.8 Å². The first kappa shape index (κ1) is 18.5. The van der Waals surface area contributed by atoms with Gasteiger partial charge in [-0.3, -0.25) is 9.59 Å². The molecule has 2 aromatic rings. The molecule has 0 spiro atoms. The third kappa shape index (κ3) is 5.95. The van der Waals surface area contributed by atoms with Crippen molar-refractivity contribution in [2.75, 3.05) is 11.9 Å². The molecule has 0 unspecified atom stereocenters. The molecule has 0 heterocycles. The minimum Gasteiger partial charge on any atom is -0.494 e. The molecule has 0 atom stereocenters. The van der Waals surface area contributed by atoms with Gasteiger partial charge in [-0.1, -0.05) is 37.6 Å². The molecule has 0 aliphatic carbocycles. The zero-order chi connectivity index (χ0) is 18.1. The molecule has 0 fully saturated rings. The van der Waals surface area contributed by atoms with Crippen LogP contribution in [0.15, 0.2) is 48.5 Å². The van der Waals surface area contributed by atoms with Gasteiger partial charge in [0.2, 0.25) is 5.91 Å². The summed E-state index contributed by atoms with van der Waals surface area (Å²) >= 11 is 0. The van der Waals surface area contributed by atoms with E-state index in [0.29, 0.717) is 30.7 Å². The van der Waals surface area contributed by atoms with Crippen molar-refractivity contribution in [1.29, 1.82) is 0 Å². The summed E-state index contributed by atoms with van der Waals surface area (Å²) < 4.78 is 5.65. The molecule has 0 aliphatic heterocycles. The third-order valence-corrected chi connectivity index (χ3v) is 3.75. The lowest BCUT2D eigenvalue weighted by molar-refractivity contribution is -0.116. The third-order valence-electron chi connectivity index (χ3n) is 3.75. The predicted molar refractivity (Wildman–Crippen MR) is 98.8 cm³/mol. The van der Waals surface area contributed by atoms with Gasteiger partial charge >= 0.3 is 0 Å². The molecule has 0 saturated heterocycles. The van der Waals surface area contributed by atoms with Gasteiger partial charge in [0.15, 0.2) is 0 Å². The van der Waals surface area contributed by atoms with Gasteiger partial charge in [0.25, 0.3) is 5.91 Å². The topological polar surface area (TPSA) is 81.4 Å². The van der Waals surface area contributed by atoms with E-state index in [9.17, 15) is 9.59 Å². The van der Waals surface area contributed by atoms with Crippen LogP contribution in [0.2, 0.25) is 0 Å². The highest BCUT2D eigenvalue weighted by Gasteiger charge is 2.10. The number of aryl methyl sites for hydroxylation is 1. The highest BCUT2D eigenvalue weighted by atomic mass is 16.5. The minimum absolute atomic E-state index is 0.171. The second-order valence-electron chi connectivity index (χ2n) is 5.80. The van der Waals surface area contributed by atoms with E-state index >= 15 is 0 Å². The van der Waals surface area contributed by atoms with E-state index in [4.69, 9.17) is 10.5 Å². The zero-order valence-corrected chi connectivity index (χ0v) is 14.5. The molecule has 132 valence electrons. The van der Waals surface area contributed by atoms with Crippen LogP contribution >= 0.6 is 0 Å². The number of rotatable bonds is 9. The number of carbonyl (C=O) groups is 2. The Balaban J connectivity index is 1.75. The van der Waals surface area contributed by atoms with Gasteiger partial charge in [0, 0.05) is 6.42 Å². The molecule has 5 heteroatoms. The molecule has 0 bridgehead atoms. The normalized spacial score (nSPS) is 10.3. The summed E-state index contributed by atoms with van der Waals surface area (Å²) in [6.07, 6.45) is 3.07. The monoisotopic (exact) mass is 340 g/mol. The van der Waals surface area contributed by atoms with E-state index in [0.717, 1.165) is 18.6 Å². The van der Waals surface area contributed by atoms with Crippen LogP contribution in [-0.4, -0.2) is 18.4 Å². The van der Waals surface area contributed by atoms with Crippen LogP contribution in [0, 0.1) is 0 Å². The summed E-state index contributed by atoms with van der Waals surface area (Å²) in [6.45, 7) is 2.61. The maximum atomic E-state index is 12.0. The van der Waals surface area contributed by atoms with Gasteiger partial charge < -0.3 is 15.8 Å². The number of nitrogens with one attached hydrogen (secondary N) is 1. The number of nitrogens with two attached hydrogens (primary N) is 1. The van der Waals surface area contributed by atoms with Crippen molar-refractivity contribution >= 4 is 17.5 Å². The van der Waals surface area contributed by atoms with Gasteiger partial charge in [-0.05, 0) is 42.7 Å². The standard InChI is InChI=1S/C20H24N2O3/c1-2-6-15-10-12-16(13-11-15)25-14-5-9-19(23)22-18-8-4-3-7-17(18)20(21)24/h3-4,7-8,10-13H,2,5-6,9,14H2,1H3,(H2,21,24)(H,22,23). The van der Waals surface area contributed by atoms with Crippen LogP contribution in [0.25, 0.3) is 0 Å². The van der Waals surface area contributed by atoms with Gasteiger partial charge in [0.1, 0.15) is 5.75 Å². The van der Waals surface area contributed by atoms with Crippen LogP contribution in [0.4, 0.5) is 5.69 Å². The lowest BCUT2D eigenvalue weighted by Crippen LogP contribution is -2.18. The molecule has 25 heavy (non-hydrogen) atoms. The number of carbonyl (C=O) groups excluding carboxylic acids is 2. The van der Waals surface area contributed by atoms with Crippen LogP contribution in [0.3, 0.4) is 0 Å². The van der Waals surface area contributed by atoms with Crippen molar-refractivity contribution in [3.05, 3.63) is 59.7 Å². The lowest BCUT2D eigenvalue weighted by atomic mass is 10.1. The Hall–Kier alpha value is -2.82. The molecule has 0 saturated carbocycles. The Bertz CT molecular complexity index is 711. The number of ether oxygens (including phenoxy) is 1. The number of amides is 2. The lowest BCUT2D eigenvalue weighted by Gasteiger charge is -2.09. The molecular formula is C20H24N2O3. The summed E-state index contributed by atoms with van der Waals surface area (Å²) in [4.78, 5) is 23.3. The van der Waals surface area contributed by atoms with Crippen molar-refractivity contribution in [3.8, 4) is 5.75 Å². The smallest absolute Gasteiger partial charge is 0.250 e. The number of hydrogen-bond donors (Lipinski definition) is 2. The fraction of sp³-hybridized carbons (Fsp3) is 0.300. The van der Waals surface area contributed by atoms with Gasteiger partial charge in [-0.25, -0.2) is 0 Å². The predicted octanol–water partition coefficient (Wildman–Crippen LogP) is 3.54. The van der Waals surface area contributed by atoms with Gasteiger partial charge in [-0.2, -0.15) is 0 Å². The van der Waals surface area contributed by atoms with E-state index < -0.39 is 5.91 Å². The number of anilines is 1. The zero-order valence-electron chi connectivity index (χ0n) is 14.5. The SMILES string of the molecule is CCCc1ccc(OCCCC(=O)Nc2ccccc2C(N)=O)cc1. The average Bonchev–Trinajstić information content (AvgIpc) is 2.60. The second kappa shape index (κ2) is 9.47. The van der Waals surface area contributed by atoms with Crippen molar-refractivity contribution in [1.82, 2.24) is 0 Å².